The number of carboxylic acid groups (broad SMARTS) is 1. The summed E-state index contributed by atoms with van der Waals surface area (Å²) in [7, 11) is 0. The average molecular weight is 282 g/mol. The monoisotopic (exact) mass is 282 g/mol. The summed E-state index contributed by atoms with van der Waals surface area (Å²) in [6.07, 6.45) is 7.94. The first-order valence-corrected chi connectivity index (χ1v) is 8.39. The zero-order chi connectivity index (χ0) is 14.4. The average Bonchev–Trinajstić information content (AvgIpc) is 2.70. The van der Waals surface area contributed by atoms with Gasteiger partial charge in [-0.3, -0.25) is 4.79 Å². The Morgan fingerprint density at radius 3 is 2.70 bits per heavy atom. The Hall–Kier alpha value is -0.610. The molecular weight excluding hydrogens is 252 g/mol. The van der Waals surface area contributed by atoms with Gasteiger partial charge < -0.3 is 15.3 Å². The highest BCUT2D eigenvalue weighted by molar-refractivity contribution is 5.70. The largest absolute Gasteiger partial charge is 0.481 e. The minimum Gasteiger partial charge on any atom is -0.481 e. The van der Waals surface area contributed by atoms with Gasteiger partial charge in [0.1, 0.15) is 0 Å². The van der Waals surface area contributed by atoms with Gasteiger partial charge in [0, 0.05) is 6.04 Å². The molecule has 0 aromatic heterocycles. The van der Waals surface area contributed by atoms with Crippen LogP contribution in [0.25, 0.3) is 0 Å². The van der Waals surface area contributed by atoms with Crippen molar-refractivity contribution in [2.45, 2.75) is 57.9 Å². The van der Waals surface area contributed by atoms with Gasteiger partial charge in [-0.15, -0.1) is 0 Å². The van der Waals surface area contributed by atoms with Crippen molar-refractivity contribution in [3.8, 4) is 0 Å². The lowest BCUT2D eigenvalue weighted by molar-refractivity contribution is -0.144. The molecule has 2 aliphatic rings. The highest BCUT2D eigenvalue weighted by Gasteiger charge is 2.31. The topological polar surface area (TPSA) is 52.6 Å². The minimum absolute atomic E-state index is 0.117. The van der Waals surface area contributed by atoms with Crippen molar-refractivity contribution in [3.63, 3.8) is 0 Å². The zero-order valence-corrected chi connectivity index (χ0v) is 12.8. The van der Waals surface area contributed by atoms with E-state index in [1.165, 1.54) is 38.8 Å². The Morgan fingerprint density at radius 2 is 1.95 bits per heavy atom. The van der Waals surface area contributed by atoms with Crippen LogP contribution >= 0.6 is 0 Å². The first-order chi connectivity index (χ1) is 9.70. The Kier molecular flexibility index (Phi) is 6.30. The maximum atomic E-state index is 11.3. The molecule has 3 unspecified atom stereocenters. The molecule has 1 heterocycles. The Bertz CT molecular complexity index is 309. The first kappa shape index (κ1) is 15.8. The fraction of sp³-hybridized carbons (Fsp3) is 0.938. The van der Waals surface area contributed by atoms with Crippen LogP contribution < -0.4 is 5.32 Å². The number of nitrogens with one attached hydrogen (secondary N) is 1. The molecule has 0 aromatic rings. The molecule has 1 aliphatic carbocycles. The van der Waals surface area contributed by atoms with E-state index < -0.39 is 5.97 Å². The third-order valence-corrected chi connectivity index (χ3v) is 5.16. The molecule has 2 N–H and O–H groups in total. The lowest BCUT2D eigenvalue weighted by Gasteiger charge is -2.30. The third-order valence-electron chi connectivity index (χ3n) is 5.16. The number of likely N-dealkylation sites (tertiary alicyclic amines) is 1. The predicted molar refractivity (Wildman–Crippen MR) is 80.8 cm³/mol. The molecule has 3 atom stereocenters. The maximum Gasteiger partial charge on any atom is 0.306 e. The quantitative estimate of drug-likeness (QED) is 0.812. The molecule has 20 heavy (non-hydrogen) atoms. The number of hydrogen-bond donors (Lipinski definition) is 2. The van der Waals surface area contributed by atoms with Crippen molar-refractivity contribution in [2.24, 2.45) is 11.8 Å². The van der Waals surface area contributed by atoms with Crippen LogP contribution in [0, 0.1) is 11.8 Å². The second-order valence-electron chi connectivity index (χ2n) is 6.46. The summed E-state index contributed by atoms with van der Waals surface area (Å²) in [6, 6.07) is 0.586. The molecular formula is C16H30N2O2. The highest BCUT2D eigenvalue weighted by atomic mass is 16.4. The number of hydrogen-bond acceptors (Lipinski definition) is 3. The number of nitrogens with zero attached hydrogens (tertiary/aromatic N) is 1. The van der Waals surface area contributed by atoms with Gasteiger partial charge in [0.15, 0.2) is 0 Å². The molecule has 4 nitrogen and oxygen atoms in total. The Morgan fingerprint density at radius 1 is 1.15 bits per heavy atom. The number of rotatable bonds is 5. The molecule has 2 fully saturated rings. The molecule has 0 spiro atoms. The maximum absolute atomic E-state index is 11.3. The molecule has 1 aliphatic heterocycles. The van der Waals surface area contributed by atoms with E-state index in [4.69, 9.17) is 0 Å². The SMILES string of the molecule is CCN1CCCC(NCC2CCCCC2C(=O)O)CC1. The standard InChI is InChI=1S/C16H30N2O2/c1-2-18-10-5-7-14(9-11-18)17-12-13-6-3-4-8-15(13)16(19)20/h13-15,17H,2-12H2,1H3,(H,19,20). The van der Waals surface area contributed by atoms with Crippen LogP contribution in [-0.4, -0.2) is 48.2 Å². The molecule has 4 heteroatoms. The van der Waals surface area contributed by atoms with Crippen molar-refractivity contribution in [3.05, 3.63) is 0 Å². The summed E-state index contributed by atoms with van der Waals surface area (Å²) in [4.78, 5) is 13.8. The van der Waals surface area contributed by atoms with Gasteiger partial charge in [-0.1, -0.05) is 19.8 Å². The van der Waals surface area contributed by atoms with Gasteiger partial charge in [-0.25, -0.2) is 0 Å². The van der Waals surface area contributed by atoms with Crippen molar-refractivity contribution in [2.75, 3.05) is 26.2 Å². The van der Waals surface area contributed by atoms with E-state index in [-0.39, 0.29) is 5.92 Å². The summed E-state index contributed by atoms with van der Waals surface area (Å²) >= 11 is 0. The van der Waals surface area contributed by atoms with E-state index in [0.717, 1.165) is 32.4 Å². The predicted octanol–water partition coefficient (Wildman–Crippen LogP) is 2.34. The second-order valence-corrected chi connectivity index (χ2v) is 6.46. The van der Waals surface area contributed by atoms with Crippen molar-refractivity contribution >= 4 is 5.97 Å². The van der Waals surface area contributed by atoms with Gasteiger partial charge in [-0.2, -0.15) is 0 Å². The summed E-state index contributed by atoms with van der Waals surface area (Å²) in [6.45, 7) is 6.68. The molecule has 0 aromatic carbocycles. The Balaban J connectivity index is 1.77. The van der Waals surface area contributed by atoms with E-state index in [0.29, 0.717) is 12.0 Å². The molecule has 1 saturated carbocycles. The summed E-state index contributed by atoms with van der Waals surface area (Å²) < 4.78 is 0. The van der Waals surface area contributed by atoms with Crippen molar-refractivity contribution < 1.29 is 9.90 Å². The van der Waals surface area contributed by atoms with E-state index >= 15 is 0 Å². The number of aliphatic carboxylic acids is 1. The molecule has 0 amide bonds. The summed E-state index contributed by atoms with van der Waals surface area (Å²) in [5.41, 5.74) is 0. The molecule has 116 valence electrons. The molecule has 2 rings (SSSR count). The summed E-state index contributed by atoms with van der Waals surface area (Å²) in [5.74, 6) is -0.365. The fourth-order valence-electron chi connectivity index (χ4n) is 3.77. The van der Waals surface area contributed by atoms with Gasteiger partial charge in [0.2, 0.25) is 0 Å². The highest BCUT2D eigenvalue weighted by Crippen LogP contribution is 2.30. The number of carbonyl (C=O) groups is 1. The van der Waals surface area contributed by atoms with Crippen LogP contribution in [0.15, 0.2) is 0 Å². The van der Waals surface area contributed by atoms with Crippen LogP contribution in [0.3, 0.4) is 0 Å². The lowest BCUT2D eigenvalue weighted by atomic mass is 9.79. The van der Waals surface area contributed by atoms with Gasteiger partial charge in [0.25, 0.3) is 0 Å². The van der Waals surface area contributed by atoms with E-state index in [1.54, 1.807) is 0 Å². The van der Waals surface area contributed by atoms with Gasteiger partial charge >= 0.3 is 5.97 Å². The van der Waals surface area contributed by atoms with Gasteiger partial charge in [-0.05, 0) is 64.2 Å². The van der Waals surface area contributed by atoms with E-state index in [9.17, 15) is 9.90 Å². The van der Waals surface area contributed by atoms with Crippen LogP contribution in [0.1, 0.15) is 51.9 Å². The lowest BCUT2D eigenvalue weighted by Crippen LogP contribution is -2.39. The van der Waals surface area contributed by atoms with Crippen LogP contribution in [0.4, 0.5) is 0 Å². The van der Waals surface area contributed by atoms with Gasteiger partial charge in [0.05, 0.1) is 5.92 Å². The zero-order valence-electron chi connectivity index (χ0n) is 12.8. The molecule has 0 radical (unpaired) electrons. The van der Waals surface area contributed by atoms with Crippen LogP contribution in [-0.2, 0) is 4.79 Å². The fourth-order valence-corrected chi connectivity index (χ4v) is 3.77. The minimum atomic E-state index is -0.588. The third kappa shape index (κ3) is 4.45. The van der Waals surface area contributed by atoms with E-state index in [1.807, 2.05) is 0 Å². The second kappa shape index (κ2) is 7.99. The normalized spacial score (nSPS) is 32.8. The van der Waals surface area contributed by atoms with Crippen molar-refractivity contribution in [1.29, 1.82) is 0 Å². The smallest absolute Gasteiger partial charge is 0.306 e. The summed E-state index contributed by atoms with van der Waals surface area (Å²) in [5, 5.41) is 13.0. The van der Waals surface area contributed by atoms with E-state index in [2.05, 4.69) is 17.1 Å². The van der Waals surface area contributed by atoms with Crippen molar-refractivity contribution in [1.82, 2.24) is 10.2 Å². The first-order valence-electron chi connectivity index (χ1n) is 8.39. The number of carboxylic acids is 1. The van der Waals surface area contributed by atoms with Crippen LogP contribution in [0.5, 0.6) is 0 Å². The Labute approximate surface area is 122 Å². The molecule has 1 saturated heterocycles. The van der Waals surface area contributed by atoms with Crippen LogP contribution in [0.2, 0.25) is 0 Å². The molecule has 0 bridgehead atoms.